The molecule has 17 heavy (non-hydrogen) atoms. The molecule has 2 rings (SSSR count). The Hall–Kier alpha value is -0.580. The maximum atomic E-state index is 5.86. The molecule has 3 N–H and O–H groups in total. The first kappa shape index (κ1) is 12.9. The van der Waals surface area contributed by atoms with Gasteiger partial charge in [0.1, 0.15) is 0 Å². The van der Waals surface area contributed by atoms with E-state index in [-0.39, 0.29) is 0 Å². The minimum absolute atomic E-state index is 0.688. The molecule has 1 aromatic rings. The predicted molar refractivity (Wildman–Crippen MR) is 75.3 cm³/mol. The molecule has 2 heterocycles. The highest BCUT2D eigenvalue weighted by Crippen LogP contribution is 2.20. The number of likely N-dealkylation sites (tertiary alicyclic amines) is 1. The summed E-state index contributed by atoms with van der Waals surface area (Å²) >= 11 is 1.74. The van der Waals surface area contributed by atoms with Crippen molar-refractivity contribution in [2.75, 3.05) is 25.4 Å². The fourth-order valence-electron chi connectivity index (χ4n) is 2.38. The van der Waals surface area contributed by atoms with E-state index in [1.54, 1.807) is 11.3 Å². The van der Waals surface area contributed by atoms with Crippen molar-refractivity contribution in [3.05, 3.63) is 16.3 Å². The van der Waals surface area contributed by atoms with E-state index in [2.05, 4.69) is 29.4 Å². The van der Waals surface area contributed by atoms with Crippen molar-refractivity contribution in [1.29, 1.82) is 0 Å². The number of hydrogen-bond donors (Lipinski definition) is 2. The summed E-state index contributed by atoms with van der Waals surface area (Å²) in [6.07, 6.45) is 1.32. The van der Waals surface area contributed by atoms with Crippen molar-refractivity contribution in [3.63, 3.8) is 0 Å². The van der Waals surface area contributed by atoms with Crippen molar-refractivity contribution in [1.82, 2.24) is 10.2 Å². The lowest BCUT2D eigenvalue weighted by molar-refractivity contribution is 0.264. The van der Waals surface area contributed by atoms with E-state index in [1.165, 1.54) is 24.4 Å². The number of anilines is 1. The van der Waals surface area contributed by atoms with Crippen molar-refractivity contribution >= 4 is 17.0 Å². The second-order valence-electron chi connectivity index (χ2n) is 5.17. The Morgan fingerprint density at radius 1 is 1.59 bits per heavy atom. The highest BCUT2D eigenvalue weighted by Gasteiger charge is 2.23. The zero-order chi connectivity index (χ0) is 12.3. The molecule has 0 radical (unpaired) electrons. The van der Waals surface area contributed by atoms with Gasteiger partial charge in [-0.1, -0.05) is 0 Å². The van der Waals surface area contributed by atoms with Gasteiger partial charge in [-0.2, -0.15) is 0 Å². The Morgan fingerprint density at radius 2 is 2.41 bits per heavy atom. The molecular formula is C13H23N3S. The van der Waals surface area contributed by atoms with Crippen LogP contribution in [0.5, 0.6) is 0 Å². The lowest BCUT2D eigenvalue weighted by atomic mass is 10.1. The van der Waals surface area contributed by atoms with E-state index in [0.717, 1.165) is 24.7 Å². The summed E-state index contributed by atoms with van der Waals surface area (Å²) in [6.45, 7) is 9.09. The van der Waals surface area contributed by atoms with Crippen LogP contribution in [0, 0.1) is 5.92 Å². The standard InChI is InChI=1S/C13H23N3S/c1-10(2)16-5-3-11(9-16)7-15-8-13-12(14)4-6-17-13/h4,6,10-11,15H,3,5,7-9,14H2,1-2H3. The summed E-state index contributed by atoms with van der Waals surface area (Å²) in [7, 11) is 0. The molecule has 1 unspecified atom stereocenters. The summed E-state index contributed by atoms with van der Waals surface area (Å²) in [6, 6.07) is 2.67. The number of rotatable bonds is 5. The van der Waals surface area contributed by atoms with Crippen LogP contribution in [0.25, 0.3) is 0 Å². The molecule has 1 atom stereocenters. The van der Waals surface area contributed by atoms with E-state index >= 15 is 0 Å². The van der Waals surface area contributed by atoms with Gasteiger partial charge < -0.3 is 16.0 Å². The van der Waals surface area contributed by atoms with Gasteiger partial charge in [0.05, 0.1) is 0 Å². The van der Waals surface area contributed by atoms with E-state index in [1.807, 2.05) is 6.07 Å². The third-order valence-corrected chi connectivity index (χ3v) is 4.48. The first-order chi connectivity index (χ1) is 8.16. The van der Waals surface area contributed by atoms with Crippen molar-refractivity contribution in [2.45, 2.75) is 32.9 Å². The molecule has 4 heteroatoms. The first-order valence-corrected chi connectivity index (χ1v) is 7.31. The van der Waals surface area contributed by atoms with Crippen LogP contribution in [0.3, 0.4) is 0 Å². The second-order valence-corrected chi connectivity index (χ2v) is 6.17. The van der Waals surface area contributed by atoms with Crippen LogP contribution in [-0.4, -0.2) is 30.6 Å². The molecule has 0 bridgehead atoms. The SMILES string of the molecule is CC(C)N1CCC(CNCc2sccc2N)C1. The molecule has 0 aromatic carbocycles. The van der Waals surface area contributed by atoms with Crippen LogP contribution in [0.1, 0.15) is 25.1 Å². The van der Waals surface area contributed by atoms with Crippen molar-refractivity contribution in [3.8, 4) is 0 Å². The molecule has 3 nitrogen and oxygen atoms in total. The van der Waals surface area contributed by atoms with Gasteiger partial charge in [-0.25, -0.2) is 0 Å². The van der Waals surface area contributed by atoms with Crippen LogP contribution in [-0.2, 0) is 6.54 Å². The summed E-state index contributed by atoms with van der Waals surface area (Å²) in [5, 5.41) is 5.59. The molecular weight excluding hydrogens is 230 g/mol. The molecule has 1 aliphatic heterocycles. The lowest BCUT2D eigenvalue weighted by Gasteiger charge is -2.20. The minimum atomic E-state index is 0.688. The first-order valence-electron chi connectivity index (χ1n) is 6.43. The number of hydrogen-bond acceptors (Lipinski definition) is 4. The van der Waals surface area contributed by atoms with Crippen LogP contribution < -0.4 is 11.1 Å². The Kier molecular flexibility index (Phi) is 4.42. The normalized spacial score (nSPS) is 21.5. The van der Waals surface area contributed by atoms with Gasteiger partial charge >= 0.3 is 0 Å². The number of nitrogen functional groups attached to an aromatic ring is 1. The number of nitrogens with two attached hydrogens (primary N) is 1. The third-order valence-electron chi connectivity index (χ3n) is 3.55. The smallest absolute Gasteiger partial charge is 0.0468 e. The fraction of sp³-hybridized carbons (Fsp3) is 0.692. The van der Waals surface area contributed by atoms with Gasteiger partial charge in [0.2, 0.25) is 0 Å². The topological polar surface area (TPSA) is 41.3 Å². The van der Waals surface area contributed by atoms with E-state index in [9.17, 15) is 0 Å². The van der Waals surface area contributed by atoms with Crippen LogP contribution in [0.2, 0.25) is 0 Å². The van der Waals surface area contributed by atoms with Crippen LogP contribution in [0.4, 0.5) is 5.69 Å². The maximum Gasteiger partial charge on any atom is 0.0468 e. The average molecular weight is 253 g/mol. The molecule has 1 aliphatic rings. The zero-order valence-electron chi connectivity index (χ0n) is 10.8. The summed E-state index contributed by atoms with van der Waals surface area (Å²) in [5.74, 6) is 0.804. The molecule has 0 aliphatic carbocycles. The summed E-state index contributed by atoms with van der Waals surface area (Å²) in [5.41, 5.74) is 6.79. The average Bonchev–Trinajstić information content (AvgIpc) is 2.89. The predicted octanol–water partition coefficient (Wildman–Crippen LogP) is 2.15. The van der Waals surface area contributed by atoms with Gasteiger partial charge in [-0.3, -0.25) is 0 Å². The fourth-order valence-corrected chi connectivity index (χ4v) is 3.15. The van der Waals surface area contributed by atoms with Crippen LogP contribution in [0.15, 0.2) is 11.4 Å². The van der Waals surface area contributed by atoms with Crippen molar-refractivity contribution < 1.29 is 0 Å². The van der Waals surface area contributed by atoms with Gasteiger partial charge in [-0.05, 0) is 50.7 Å². The Labute approximate surface area is 108 Å². The molecule has 0 saturated carbocycles. The Balaban J connectivity index is 1.68. The molecule has 96 valence electrons. The minimum Gasteiger partial charge on any atom is -0.398 e. The number of thiophene rings is 1. The Morgan fingerprint density at radius 3 is 3.00 bits per heavy atom. The molecule has 1 saturated heterocycles. The van der Waals surface area contributed by atoms with Gasteiger partial charge in [0, 0.05) is 29.7 Å². The van der Waals surface area contributed by atoms with Gasteiger partial charge in [0.25, 0.3) is 0 Å². The highest BCUT2D eigenvalue weighted by molar-refractivity contribution is 7.10. The lowest BCUT2D eigenvalue weighted by Crippen LogP contribution is -2.30. The third kappa shape index (κ3) is 3.44. The monoisotopic (exact) mass is 253 g/mol. The molecule has 1 aromatic heterocycles. The largest absolute Gasteiger partial charge is 0.398 e. The molecule has 1 fully saturated rings. The summed E-state index contributed by atoms with van der Waals surface area (Å²) < 4.78 is 0. The zero-order valence-corrected chi connectivity index (χ0v) is 11.6. The highest BCUT2D eigenvalue weighted by atomic mass is 32.1. The van der Waals surface area contributed by atoms with Gasteiger partial charge in [-0.15, -0.1) is 11.3 Å². The van der Waals surface area contributed by atoms with Crippen LogP contribution >= 0.6 is 11.3 Å². The number of nitrogens with zero attached hydrogens (tertiary/aromatic N) is 1. The van der Waals surface area contributed by atoms with Crippen molar-refractivity contribution in [2.24, 2.45) is 5.92 Å². The van der Waals surface area contributed by atoms with E-state index in [4.69, 9.17) is 5.73 Å². The van der Waals surface area contributed by atoms with E-state index < -0.39 is 0 Å². The molecule has 0 amide bonds. The van der Waals surface area contributed by atoms with Gasteiger partial charge in [0.15, 0.2) is 0 Å². The molecule has 0 spiro atoms. The second kappa shape index (κ2) is 5.85. The quantitative estimate of drug-likeness (QED) is 0.845. The maximum absolute atomic E-state index is 5.86. The summed E-state index contributed by atoms with van der Waals surface area (Å²) in [4.78, 5) is 3.83. The Bertz CT molecular complexity index is 348. The number of nitrogens with one attached hydrogen (secondary N) is 1. The van der Waals surface area contributed by atoms with E-state index in [0.29, 0.717) is 6.04 Å².